The van der Waals surface area contributed by atoms with E-state index >= 15 is 0 Å². The normalized spacial score (nSPS) is 18.3. The molecule has 1 heterocycles. The van der Waals surface area contributed by atoms with Gasteiger partial charge in [-0.3, -0.25) is 0 Å². The molecule has 0 fully saturated rings. The molecule has 0 atom stereocenters. The lowest BCUT2D eigenvalue weighted by molar-refractivity contribution is 0.318. The first-order valence-corrected chi connectivity index (χ1v) is 4.27. The zero-order valence-electron chi connectivity index (χ0n) is 7.99. The Hall–Kier alpha value is -1.45. The van der Waals surface area contributed by atoms with Gasteiger partial charge < -0.3 is 15.8 Å². The van der Waals surface area contributed by atoms with Gasteiger partial charge in [-0.25, -0.2) is 0 Å². The summed E-state index contributed by atoms with van der Waals surface area (Å²) in [6.07, 6.45) is 4.71. The third-order valence-electron chi connectivity index (χ3n) is 2.13. The molecule has 4 heteroatoms. The van der Waals surface area contributed by atoms with Gasteiger partial charge in [0.1, 0.15) is 0 Å². The van der Waals surface area contributed by atoms with Crippen LogP contribution in [-0.2, 0) is 0 Å². The molecule has 3 N–H and O–H groups in total. The molecule has 0 bridgehead atoms. The summed E-state index contributed by atoms with van der Waals surface area (Å²) in [5.74, 6) is 0.196. The van der Waals surface area contributed by atoms with E-state index in [1.165, 1.54) is 5.57 Å². The van der Waals surface area contributed by atoms with E-state index in [-0.39, 0.29) is 5.84 Å². The molecular weight excluding hydrogens is 166 g/mol. The highest BCUT2D eigenvalue weighted by Crippen LogP contribution is 2.16. The number of nitrogens with zero attached hydrogens (tertiary/aromatic N) is 2. The Bertz CT molecular complexity index is 279. The Morgan fingerprint density at radius 2 is 2.46 bits per heavy atom. The highest BCUT2D eigenvalue weighted by atomic mass is 16.4. The van der Waals surface area contributed by atoms with Crippen molar-refractivity contribution in [1.29, 1.82) is 0 Å². The summed E-state index contributed by atoms with van der Waals surface area (Å²) < 4.78 is 0. The van der Waals surface area contributed by atoms with E-state index in [1.54, 1.807) is 0 Å². The molecule has 1 aliphatic heterocycles. The van der Waals surface area contributed by atoms with Crippen LogP contribution in [0.3, 0.4) is 0 Å². The number of amidine groups is 1. The topological polar surface area (TPSA) is 61.9 Å². The summed E-state index contributed by atoms with van der Waals surface area (Å²) in [5, 5.41) is 11.5. The predicted octanol–water partition coefficient (Wildman–Crippen LogP) is 0.899. The van der Waals surface area contributed by atoms with Crippen LogP contribution in [0.5, 0.6) is 0 Å². The SMILES string of the molecule is CCC1=C(C(N)=NO)C=CN(C)C1. The van der Waals surface area contributed by atoms with Crippen LogP contribution in [0.15, 0.2) is 28.6 Å². The lowest BCUT2D eigenvalue weighted by Crippen LogP contribution is -2.24. The molecular formula is C9H15N3O. The average Bonchev–Trinajstić information content (AvgIpc) is 2.16. The van der Waals surface area contributed by atoms with E-state index in [0.29, 0.717) is 0 Å². The van der Waals surface area contributed by atoms with E-state index < -0.39 is 0 Å². The molecule has 4 nitrogen and oxygen atoms in total. The van der Waals surface area contributed by atoms with Gasteiger partial charge in [0, 0.05) is 19.2 Å². The van der Waals surface area contributed by atoms with Gasteiger partial charge in [-0.05, 0) is 24.3 Å². The lowest BCUT2D eigenvalue weighted by Gasteiger charge is -2.22. The van der Waals surface area contributed by atoms with Gasteiger partial charge in [0.15, 0.2) is 5.84 Å². The van der Waals surface area contributed by atoms with E-state index in [0.717, 1.165) is 18.5 Å². The maximum Gasteiger partial charge on any atom is 0.170 e. The summed E-state index contributed by atoms with van der Waals surface area (Å²) in [6.45, 7) is 2.91. The second kappa shape index (κ2) is 3.98. The van der Waals surface area contributed by atoms with Gasteiger partial charge >= 0.3 is 0 Å². The summed E-state index contributed by atoms with van der Waals surface area (Å²) in [4.78, 5) is 2.06. The van der Waals surface area contributed by atoms with Crippen molar-refractivity contribution in [3.63, 3.8) is 0 Å². The molecule has 0 unspecified atom stereocenters. The monoisotopic (exact) mass is 181 g/mol. The van der Waals surface area contributed by atoms with Gasteiger partial charge in [-0.2, -0.15) is 0 Å². The first kappa shape index (κ1) is 9.64. The van der Waals surface area contributed by atoms with E-state index in [9.17, 15) is 0 Å². The van der Waals surface area contributed by atoms with Gasteiger partial charge in [0.25, 0.3) is 0 Å². The zero-order chi connectivity index (χ0) is 9.84. The third kappa shape index (κ3) is 2.02. The molecule has 0 radical (unpaired) electrons. The standard InChI is InChI=1S/C9H15N3O/c1-3-7-6-12(2)5-4-8(7)9(10)11-13/h4-5,13H,3,6H2,1-2H3,(H2,10,11). The summed E-state index contributed by atoms with van der Waals surface area (Å²) >= 11 is 0. The van der Waals surface area contributed by atoms with Crippen molar-refractivity contribution in [2.24, 2.45) is 10.9 Å². The largest absolute Gasteiger partial charge is 0.409 e. The Kier molecular flexibility index (Phi) is 2.95. The molecule has 0 amide bonds. The van der Waals surface area contributed by atoms with E-state index in [4.69, 9.17) is 10.9 Å². The molecule has 1 aliphatic rings. The van der Waals surface area contributed by atoms with Crippen LogP contribution in [0, 0.1) is 0 Å². The molecule has 0 saturated carbocycles. The Balaban J connectivity index is 2.98. The highest BCUT2D eigenvalue weighted by Gasteiger charge is 2.12. The van der Waals surface area contributed by atoms with Crippen LogP contribution in [0.4, 0.5) is 0 Å². The molecule has 0 aromatic heterocycles. The van der Waals surface area contributed by atoms with Crippen molar-refractivity contribution in [2.45, 2.75) is 13.3 Å². The summed E-state index contributed by atoms with van der Waals surface area (Å²) in [6, 6.07) is 0. The Morgan fingerprint density at radius 3 is 3.00 bits per heavy atom. The van der Waals surface area contributed by atoms with Crippen LogP contribution >= 0.6 is 0 Å². The molecule has 0 spiro atoms. The molecule has 1 rings (SSSR count). The first-order valence-electron chi connectivity index (χ1n) is 4.27. The van der Waals surface area contributed by atoms with Crippen molar-refractivity contribution in [3.8, 4) is 0 Å². The molecule has 0 aromatic rings. The van der Waals surface area contributed by atoms with E-state index in [2.05, 4.69) is 17.0 Å². The fraction of sp³-hybridized carbons (Fsp3) is 0.444. The fourth-order valence-corrected chi connectivity index (χ4v) is 1.38. The quantitative estimate of drug-likeness (QED) is 0.288. The molecule has 0 aromatic carbocycles. The minimum absolute atomic E-state index is 0.196. The van der Waals surface area contributed by atoms with Crippen LogP contribution in [0.1, 0.15) is 13.3 Å². The fourth-order valence-electron chi connectivity index (χ4n) is 1.38. The van der Waals surface area contributed by atoms with Crippen molar-refractivity contribution in [2.75, 3.05) is 13.6 Å². The summed E-state index contributed by atoms with van der Waals surface area (Å²) in [7, 11) is 2.00. The van der Waals surface area contributed by atoms with Crippen LogP contribution < -0.4 is 5.73 Å². The molecule has 13 heavy (non-hydrogen) atoms. The van der Waals surface area contributed by atoms with Crippen LogP contribution in [-0.4, -0.2) is 29.5 Å². The number of nitrogens with two attached hydrogens (primary N) is 1. The maximum atomic E-state index is 8.55. The number of oxime groups is 1. The van der Waals surface area contributed by atoms with Crippen molar-refractivity contribution >= 4 is 5.84 Å². The smallest absolute Gasteiger partial charge is 0.170 e. The zero-order valence-corrected chi connectivity index (χ0v) is 7.99. The minimum atomic E-state index is 0.196. The van der Waals surface area contributed by atoms with Crippen molar-refractivity contribution in [1.82, 2.24) is 4.90 Å². The Morgan fingerprint density at radius 1 is 1.77 bits per heavy atom. The maximum absolute atomic E-state index is 8.55. The first-order chi connectivity index (χ1) is 6.19. The second-order valence-corrected chi connectivity index (χ2v) is 3.09. The number of likely N-dealkylation sites (N-methyl/N-ethyl adjacent to an activating group) is 1. The van der Waals surface area contributed by atoms with Crippen LogP contribution in [0.2, 0.25) is 0 Å². The molecule has 0 aliphatic carbocycles. The Labute approximate surface area is 78.0 Å². The van der Waals surface area contributed by atoms with Crippen molar-refractivity contribution < 1.29 is 5.21 Å². The average molecular weight is 181 g/mol. The molecule has 0 saturated heterocycles. The summed E-state index contributed by atoms with van der Waals surface area (Å²) in [5.41, 5.74) is 7.58. The number of hydrogen-bond acceptors (Lipinski definition) is 3. The van der Waals surface area contributed by atoms with Gasteiger partial charge in [0.2, 0.25) is 0 Å². The molecule has 72 valence electrons. The lowest BCUT2D eigenvalue weighted by atomic mass is 10.0. The minimum Gasteiger partial charge on any atom is -0.409 e. The van der Waals surface area contributed by atoms with Gasteiger partial charge in [-0.1, -0.05) is 12.1 Å². The number of hydrogen-bond donors (Lipinski definition) is 2. The van der Waals surface area contributed by atoms with Crippen molar-refractivity contribution in [3.05, 3.63) is 23.4 Å². The van der Waals surface area contributed by atoms with Crippen LogP contribution in [0.25, 0.3) is 0 Å². The highest BCUT2D eigenvalue weighted by molar-refractivity contribution is 6.00. The second-order valence-electron chi connectivity index (χ2n) is 3.09. The van der Waals surface area contributed by atoms with Gasteiger partial charge in [-0.15, -0.1) is 0 Å². The predicted molar refractivity (Wildman–Crippen MR) is 52.5 cm³/mol. The third-order valence-corrected chi connectivity index (χ3v) is 2.13. The number of rotatable bonds is 2. The van der Waals surface area contributed by atoms with Gasteiger partial charge in [0.05, 0.1) is 0 Å². The van der Waals surface area contributed by atoms with E-state index in [1.807, 2.05) is 19.3 Å².